The second-order valence-electron chi connectivity index (χ2n) is 14.7. The molecule has 10 nitrogen and oxygen atoms in total. The molecule has 1 unspecified atom stereocenters. The predicted molar refractivity (Wildman–Crippen MR) is 193 cm³/mol. The van der Waals surface area contributed by atoms with Gasteiger partial charge in [-0.2, -0.15) is 5.10 Å². The Bertz CT molecular complexity index is 2090. The van der Waals surface area contributed by atoms with E-state index < -0.39 is 47.6 Å². The van der Waals surface area contributed by atoms with Crippen molar-refractivity contribution in [2.24, 2.45) is 0 Å². The Labute approximate surface area is 309 Å². The molecule has 6 rings (SSSR count). The van der Waals surface area contributed by atoms with Crippen LogP contribution >= 0.6 is 11.6 Å². The van der Waals surface area contributed by atoms with Gasteiger partial charge in [0.25, 0.3) is 11.8 Å². The Morgan fingerprint density at radius 1 is 1.06 bits per heavy atom. The molecule has 4 heterocycles. The summed E-state index contributed by atoms with van der Waals surface area (Å²) in [7, 11) is 3.08. The van der Waals surface area contributed by atoms with Gasteiger partial charge in [0.1, 0.15) is 17.1 Å². The lowest BCUT2D eigenvalue weighted by molar-refractivity contribution is -0.131. The molecule has 1 fully saturated rings. The van der Waals surface area contributed by atoms with Crippen molar-refractivity contribution < 1.29 is 36.7 Å². The number of likely N-dealkylation sites (tertiary alicyclic amines) is 1. The minimum atomic E-state index is -3.51. The Balaban J connectivity index is 1.36. The van der Waals surface area contributed by atoms with Crippen LogP contribution in [0.2, 0.25) is 5.02 Å². The number of hydrogen-bond acceptors (Lipinski definition) is 5. The van der Waals surface area contributed by atoms with Crippen LogP contribution in [0.4, 0.5) is 22.4 Å². The smallest absolute Gasteiger partial charge is 0.410 e. The van der Waals surface area contributed by atoms with Crippen molar-refractivity contribution in [2.45, 2.75) is 64.0 Å². The number of aromatic amines is 1. The number of halogens is 5. The first-order valence-corrected chi connectivity index (χ1v) is 17.7. The summed E-state index contributed by atoms with van der Waals surface area (Å²) in [6, 6.07) is 6.90. The van der Waals surface area contributed by atoms with Gasteiger partial charge in [-0.15, -0.1) is 0 Å². The van der Waals surface area contributed by atoms with Gasteiger partial charge >= 0.3 is 6.09 Å². The normalized spacial score (nSPS) is 17.5. The van der Waals surface area contributed by atoms with Crippen LogP contribution < -0.4 is 0 Å². The van der Waals surface area contributed by atoms with E-state index in [-0.39, 0.29) is 75.7 Å². The Morgan fingerprint density at radius 2 is 1.81 bits per heavy atom. The molecule has 3 amide bonds. The summed E-state index contributed by atoms with van der Waals surface area (Å²) in [5.41, 5.74) is -0.186. The number of nitrogens with one attached hydrogen (secondary N) is 1. The van der Waals surface area contributed by atoms with Gasteiger partial charge in [-0.05, 0) is 80.6 Å². The number of rotatable bonds is 7. The summed E-state index contributed by atoms with van der Waals surface area (Å²) >= 11 is 6.79. The molecular formula is C38H41ClF4N6O4. The number of carbonyl (C=O) groups excluding carboxylic acids is 3. The molecule has 0 bridgehead atoms. The standard InChI is InChI=1S/C38H41ClF4N6O4/c1-37(2,3)53-36(52)48-14-9-28(38(42,43)21-48)27-17-29(39)25(18-30(27)40)24-16-23(33(41)34-26(24)19-31(45-34)35(51)46(4)5)22-8-6-12-47(20-22)32(50)10-15-49-13-7-11-44-49/h7-8,11,13,16-19,28,45H,6,9-10,12,14-15,20-21H2,1-5H3. The van der Waals surface area contributed by atoms with E-state index in [0.717, 1.165) is 17.0 Å². The Hall–Kier alpha value is -4.85. The van der Waals surface area contributed by atoms with Gasteiger partial charge in [0, 0.05) is 80.6 Å². The molecule has 2 aromatic carbocycles. The fourth-order valence-electron chi connectivity index (χ4n) is 6.87. The summed E-state index contributed by atoms with van der Waals surface area (Å²) in [6.45, 7) is 4.77. The highest BCUT2D eigenvalue weighted by atomic mass is 35.5. The molecule has 282 valence electrons. The lowest BCUT2D eigenvalue weighted by Crippen LogP contribution is -2.51. The second kappa shape index (κ2) is 14.5. The van der Waals surface area contributed by atoms with Crippen molar-refractivity contribution >= 4 is 46.0 Å². The third-order valence-corrected chi connectivity index (χ3v) is 9.77. The number of aryl methyl sites for hydroxylation is 1. The van der Waals surface area contributed by atoms with E-state index >= 15 is 17.6 Å². The van der Waals surface area contributed by atoms with Gasteiger partial charge in [0.05, 0.1) is 18.0 Å². The number of amides is 3. The van der Waals surface area contributed by atoms with Crippen molar-refractivity contribution in [1.29, 1.82) is 0 Å². The number of hydrogen-bond donors (Lipinski definition) is 1. The minimum Gasteiger partial charge on any atom is -0.444 e. The first-order valence-electron chi connectivity index (χ1n) is 17.3. The van der Waals surface area contributed by atoms with E-state index in [1.807, 2.05) is 6.08 Å². The van der Waals surface area contributed by atoms with Gasteiger partial charge in [-0.25, -0.2) is 22.4 Å². The van der Waals surface area contributed by atoms with Crippen LogP contribution in [0.5, 0.6) is 0 Å². The quantitative estimate of drug-likeness (QED) is 0.195. The van der Waals surface area contributed by atoms with Crippen LogP contribution in [0.3, 0.4) is 0 Å². The van der Waals surface area contributed by atoms with Crippen molar-refractivity contribution in [3.8, 4) is 11.1 Å². The number of carbonyl (C=O) groups is 3. The third kappa shape index (κ3) is 7.92. The first kappa shape index (κ1) is 37.9. The summed E-state index contributed by atoms with van der Waals surface area (Å²) in [4.78, 5) is 45.4. The average molecular weight is 757 g/mol. The van der Waals surface area contributed by atoms with Crippen LogP contribution in [-0.4, -0.2) is 99.2 Å². The van der Waals surface area contributed by atoms with E-state index in [4.69, 9.17) is 16.3 Å². The number of aromatic nitrogens is 3. The van der Waals surface area contributed by atoms with Crippen LogP contribution in [-0.2, 0) is 16.1 Å². The lowest BCUT2D eigenvalue weighted by atomic mass is 9.84. The Kier molecular flexibility index (Phi) is 10.4. The molecule has 2 aliphatic rings. The maximum absolute atomic E-state index is 16.5. The summed E-state index contributed by atoms with van der Waals surface area (Å²) in [5.74, 6) is -7.30. The highest BCUT2D eigenvalue weighted by Crippen LogP contribution is 2.45. The molecule has 1 N–H and O–H groups in total. The first-order chi connectivity index (χ1) is 24.9. The van der Waals surface area contributed by atoms with Crippen LogP contribution in [0.1, 0.15) is 67.6 Å². The fraction of sp³-hybridized carbons (Fsp3) is 0.421. The minimum absolute atomic E-state index is 0.0349. The molecule has 2 aliphatic heterocycles. The van der Waals surface area contributed by atoms with Crippen LogP contribution in [0.15, 0.2) is 48.8 Å². The Morgan fingerprint density at radius 3 is 2.47 bits per heavy atom. The molecule has 2 aromatic heterocycles. The van der Waals surface area contributed by atoms with E-state index in [1.54, 1.807) is 62.9 Å². The maximum atomic E-state index is 16.5. The lowest BCUT2D eigenvalue weighted by Gasteiger charge is -2.39. The van der Waals surface area contributed by atoms with Gasteiger partial charge < -0.3 is 24.4 Å². The molecule has 0 aliphatic carbocycles. The van der Waals surface area contributed by atoms with E-state index in [2.05, 4.69) is 10.1 Å². The van der Waals surface area contributed by atoms with Crippen molar-refractivity contribution in [1.82, 2.24) is 29.5 Å². The van der Waals surface area contributed by atoms with Gasteiger partial charge in [0.15, 0.2) is 5.82 Å². The zero-order chi connectivity index (χ0) is 38.4. The van der Waals surface area contributed by atoms with Crippen molar-refractivity contribution in [3.05, 3.63) is 82.3 Å². The van der Waals surface area contributed by atoms with Crippen LogP contribution in [0.25, 0.3) is 27.6 Å². The number of alkyl halides is 2. The van der Waals surface area contributed by atoms with E-state index in [1.165, 1.54) is 17.0 Å². The highest BCUT2D eigenvalue weighted by molar-refractivity contribution is 6.34. The second-order valence-corrected chi connectivity index (χ2v) is 15.1. The molecule has 0 radical (unpaired) electrons. The SMILES string of the molecule is CN(C)C(=O)c1cc2c(-c3cc(F)c(C4CCN(C(=O)OC(C)(C)C)CC4(F)F)cc3Cl)cc(C3=CCCN(C(=O)CCn4cccn4)C3)c(F)c2[nH]1. The zero-order valence-electron chi connectivity index (χ0n) is 30.1. The fourth-order valence-corrected chi connectivity index (χ4v) is 7.14. The van der Waals surface area contributed by atoms with Crippen LogP contribution in [0, 0.1) is 11.6 Å². The van der Waals surface area contributed by atoms with E-state index in [9.17, 15) is 14.4 Å². The maximum Gasteiger partial charge on any atom is 0.410 e. The van der Waals surface area contributed by atoms with Crippen molar-refractivity contribution in [3.63, 3.8) is 0 Å². The molecule has 1 saturated heterocycles. The molecule has 1 atom stereocenters. The number of fused-ring (bicyclic) bond motifs is 1. The van der Waals surface area contributed by atoms with Gasteiger partial charge in [-0.3, -0.25) is 14.3 Å². The average Bonchev–Trinajstić information content (AvgIpc) is 3.78. The largest absolute Gasteiger partial charge is 0.444 e. The van der Waals surface area contributed by atoms with E-state index in [0.29, 0.717) is 25.1 Å². The third-order valence-electron chi connectivity index (χ3n) is 9.46. The summed E-state index contributed by atoms with van der Waals surface area (Å²) in [6.07, 6.45) is 4.73. The summed E-state index contributed by atoms with van der Waals surface area (Å²) in [5, 5.41) is 4.29. The number of ether oxygens (including phenoxy) is 1. The molecular weight excluding hydrogens is 716 g/mol. The number of nitrogens with zero attached hydrogens (tertiary/aromatic N) is 5. The monoisotopic (exact) mass is 756 g/mol. The predicted octanol–water partition coefficient (Wildman–Crippen LogP) is 7.73. The van der Waals surface area contributed by atoms with Gasteiger partial charge in [-0.1, -0.05) is 17.7 Å². The molecule has 4 aromatic rings. The summed E-state index contributed by atoms with van der Waals surface area (Å²) < 4.78 is 70.8. The highest BCUT2D eigenvalue weighted by Gasteiger charge is 2.48. The molecule has 0 spiro atoms. The number of H-pyrrole nitrogens is 1. The number of piperidine rings is 1. The molecule has 15 heteroatoms. The zero-order valence-corrected chi connectivity index (χ0v) is 30.9. The number of benzene rings is 2. The molecule has 0 saturated carbocycles. The molecule has 53 heavy (non-hydrogen) atoms. The van der Waals surface area contributed by atoms with Gasteiger partial charge in [0.2, 0.25) is 5.91 Å². The topological polar surface area (TPSA) is 104 Å². The van der Waals surface area contributed by atoms with Crippen molar-refractivity contribution in [2.75, 3.05) is 40.3 Å².